The third-order valence-corrected chi connectivity index (χ3v) is 4.91. The molecule has 0 aromatic heterocycles. The van der Waals surface area contributed by atoms with Crippen LogP contribution in [0.15, 0.2) is 29.7 Å². The molecule has 1 saturated heterocycles. The fraction of sp³-hybridized carbons (Fsp3) is 0.524. The summed E-state index contributed by atoms with van der Waals surface area (Å²) in [4.78, 5) is 23.6. The van der Waals surface area contributed by atoms with E-state index < -0.39 is 35.9 Å². The summed E-state index contributed by atoms with van der Waals surface area (Å²) in [5.74, 6) is -0.510. The van der Waals surface area contributed by atoms with Crippen LogP contribution in [0.2, 0.25) is 0 Å². The Kier molecular flexibility index (Phi) is 6.50. The predicted octanol–water partition coefficient (Wildman–Crippen LogP) is 3.33. The van der Waals surface area contributed by atoms with Gasteiger partial charge in [0.15, 0.2) is 0 Å². The molecule has 2 amide bonds. The number of carbonyl (C=O) groups is 2. The number of ether oxygens (including phenoxy) is 1. The summed E-state index contributed by atoms with van der Waals surface area (Å²) in [6.45, 7) is 13.4. The molecular formula is C21H31BN2O5. The van der Waals surface area contributed by atoms with Crippen molar-refractivity contribution in [3.8, 4) is 0 Å². The average Bonchev–Trinajstić information content (AvgIpc) is 2.77. The number of alkyl carbamates (subject to hydrolysis) is 1. The number of primary amides is 1. The Balaban J connectivity index is 2.30. The van der Waals surface area contributed by atoms with E-state index in [1.807, 2.05) is 39.8 Å². The van der Waals surface area contributed by atoms with Crippen molar-refractivity contribution in [2.75, 3.05) is 6.54 Å². The molecule has 0 atom stereocenters. The van der Waals surface area contributed by atoms with Crippen LogP contribution in [0.1, 0.15) is 64.4 Å². The third kappa shape index (κ3) is 6.08. The molecule has 8 heteroatoms. The highest BCUT2D eigenvalue weighted by atomic mass is 16.7. The molecule has 0 saturated carbocycles. The first-order valence-corrected chi connectivity index (χ1v) is 9.63. The first kappa shape index (κ1) is 23.0. The van der Waals surface area contributed by atoms with E-state index in [4.69, 9.17) is 19.8 Å². The van der Waals surface area contributed by atoms with Crippen LogP contribution in [0.25, 0.3) is 6.08 Å². The van der Waals surface area contributed by atoms with E-state index in [1.165, 1.54) is 0 Å². The van der Waals surface area contributed by atoms with E-state index in [9.17, 15) is 9.59 Å². The molecule has 1 aliphatic rings. The van der Waals surface area contributed by atoms with Crippen LogP contribution in [-0.4, -0.2) is 42.5 Å². The molecule has 3 N–H and O–H groups in total. The Morgan fingerprint density at radius 1 is 1.17 bits per heavy atom. The van der Waals surface area contributed by atoms with E-state index in [2.05, 4.69) is 5.32 Å². The van der Waals surface area contributed by atoms with E-state index in [-0.39, 0.29) is 6.54 Å². The Morgan fingerprint density at radius 2 is 1.76 bits per heavy atom. The first-order chi connectivity index (χ1) is 13.2. The largest absolute Gasteiger partial charge is 0.492 e. The molecule has 158 valence electrons. The topological polar surface area (TPSA) is 99.9 Å². The van der Waals surface area contributed by atoms with Crippen LogP contribution >= 0.6 is 0 Å². The molecule has 0 radical (unpaired) electrons. The van der Waals surface area contributed by atoms with Gasteiger partial charge in [0.1, 0.15) is 5.60 Å². The van der Waals surface area contributed by atoms with Gasteiger partial charge in [-0.25, -0.2) is 4.79 Å². The van der Waals surface area contributed by atoms with Crippen LogP contribution in [0.5, 0.6) is 0 Å². The lowest BCUT2D eigenvalue weighted by atomic mass is 9.77. The van der Waals surface area contributed by atoms with Gasteiger partial charge in [-0.05, 0) is 71.6 Å². The normalized spacial score (nSPS) is 18.4. The minimum Gasteiger partial charge on any atom is -0.444 e. The second kappa shape index (κ2) is 8.20. The molecule has 1 fully saturated rings. The molecule has 1 heterocycles. The smallest absolute Gasteiger partial charge is 0.444 e. The number of hydrogen-bond donors (Lipinski definition) is 2. The lowest BCUT2D eigenvalue weighted by Crippen LogP contribution is -2.41. The summed E-state index contributed by atoms with van der Waals surface area (Å²) in [6.07, 6.45) is 1.29. The number of amides is 2. The summed E-state index contributed by atoms with van der Waals surface area (Å²) in [5.41, 5.74) is 5.55. The molecule has 1 aromatic carbocycles. The van der Waals surface area contributed by atoms with Crippen LogP contribution in [0.3, 0.4) is 0 Å². The van der Waals surface area contributed by atoms with Gasteiger partial charge in [0.25, 0.3) is 0 Å². The Morgan fingerprint density at radius 3 is 2.28 bits per heavy atom. The predicted molar refractivity (Wildman–Crippen MR) is 113 cm³/mol. The molecule has 0 bridgehead atoms. The maximum absolute atomic E-state index is 12.1. The van der Waals surface area contributed by atoms with E-state index in [0.717, 1.165) is 5.56 Å². The fourth-order valence-corrected chi connectivity index (χ4v) is 2.68. The van der Waals surface area contributed by atoms with Gasteiger partial charge in [-0.2, -0.15) is 0 Å². The zero-order valence-electron chi connectivity index (χ0n) is 18.3. The average molecular weight is 402 g/mol. The standard InChI is InChI=1S/C21H31BN2O5/c1-19(2,3)27-18(26)24-13-16(22-28-20(4,5)21(6,7)29-22)12-14-9-8-10-15(11-14)17(23)25/h8-12H,13H2,1-7H3,(H2,23,25)(H,24,26). The van der Waals surface area contributed by atoms with Gasteiger partial charge < -0.3 is 25.1 Å². The van der Waals surface area contributed by atoms with Crippen molar-refractivity contribution in [3.63, 3.8) is 0 Å². The lowest BCUT2D eigenvalue weighted by Gasteiger charge is -2.32. The molecule has 7 nitrogen and oxygen atoms in total. The van der Waals surface area contributed by atoms with Crippen LogP contribution in [-0.2, 0) is 14.0 Å². The number of hydrogen-bond acceptors (Lipinski definition) is 5. The molecule has 0 spiro atoms. The monoisotopic (exact) mass is 402 g/mol. The van der Waals surface area contributed by atoms with Gasteiger partial charge in [0, 0.05) is 12.1 Å². The minimum absolute atomic E-state index is 0.159. The van der Waals surface area contributed by atoms with Crippen molar-refractivity contribution in [1.29, 1.82) is 0 Å². The maximum Gasteiger partial charge on any atom is 0.492 e. The van der Waals surface area contributed by atoms with Gasteiger partial charge in [-0.1, -0.05) is 18.2 Å². The van der Waals surface area contributed by atoms with Gasteiger partial charge in [-0.15, -0.1) is 0 Å². The second-order valence-corrected chi connectivity index (χ2v) is 9.15. The maximum atomic E-state index is 12.1. The number of rotatable bonds is 5. The van der Waals surface area contributed by atoms with Crippen molar-refractivity contribution in [2.24, 2.45) is 5.73 Å². The zero-order chi connectivity index (χ0) is 22.0. The SMILES string of the molecule is CC(C)(C)OC(=O)NCC(=Cc1cccc(C(N)=O)c1)B1OC(C)(C)C(C)(C)O1. The van der Waals surface area contributed by atoms with Gasteiger partial charge >= 0.3 is 13.2 Å². The summed E-state index contributed by atoms with van der Waals surface area (Å²) < 4.78 is 17.6. The molecule has 29 heavy (non-hydrogen) atoms. The summed E-state index contributed by atoms with van der Waals surface area (Å²) in [6, 6.07) is 6.91. The highest BCUT2D eigenvalue weighted by molar-refractivity contribution is 6.56. The van der Waals surface area contributed by atoms with Crippen LogP contribution in [0, 0.1) is 0 Å². The summed E-state index contributed by atoms with van der Waals surface area (Å²) >= 11 is 0. The van der Waals surface area contributed by atoms with Gasteiger partial charge in [0.05, 0.1) is 11.2 Å². The fourth-order valence-electron chi connectivity index (χ4n) is 2.68. The lowest BCUT2D eigenvalue weighted by molar-refractivity contribution is 0.00578. The number of benzene rings is 1. The quantitative estimate of drug-likeness (QED) is 0.736. The van der Waals surface area contributed by atoms with Crippen molar-refractivity contribution in [3.05, 3.63) is 40.9 Å². The van der Waals surface area contributed by atoms with Crippen molar-refractivity contribution in [1.82, 2.24) is 5.32 Å². The summed E-state index contributed by atoms with van der Waals surface area (Å²) in [7, 11) is -0.660. The molecular weight excluding hydrogens is 371 g/mol. The van der Waals surface area contributed by atoms with E-state index >= 15 is 0 Å². The highest BCUT2D eigenvalue weighted by Crippen LogP contribution is 2.38. The van der Waals surface area contributed by atoms with E-state index in [0.29, 0.717) is 11.0 Å². The third-order valence-electron chi connectivity index (χ3n) is 4.91. The summed E-state index contributed by atoms with van der Waals surface area (Å²) in [5, 5.41) is 2.75. The molecule has 0 aliphatic carbocycles. The molecule has 0 unspecified atom stereocenters. The number of carbonyl (C=O) groups excluding carboxylic acids is 2. The van der Waals surface area contributed by atoms with Crippen LogP contribution in [0.4, 0.5) is 4.79 Å². The van der Waals surface area contributed by atoms with E-state index in [1.54, 1.807) is 39.0 Å². The number of nitrogens with two attached hydrogens (primary N) is 1. The van der Waals surface area contributed by atoms with Crippen molar-refractivity contribution < 1.29 is 23.6 Å². The van der Waals surface area contributed by atoms with Gasteiger partial charge in [0.2, 0.25) is 5.91 Å². The van der Waals surface area contributed by atoms with Crippen molar-refractivity contribution in [2.45, 2.75) is 65.3 Å². The minimum atomic E-state index is -0.660. The second-order valence-electron chi connectivity index (χ2n) is 9.15. The first-order valence-electron chi connectivity index (χ1n) is 9.63. The highest BCUT2D eigenvalue weighted by Gasteiger charge is 2.52. The van der Waals surface area contributed by atoms with Crippen molar-refractivity contribution >= 4 is 25.2 Å². The Labute approximate surface area is 173 Å². The Bertz CT molecular complexity index is 796. The zero-order valence-corrected chi connectivity index (χ0v) is 18.3. The van der Waals surface area contributed by atoms with Gasteiger partial charge in [-0.3, -0.25) is 4.79 Å². The molecule has 1 aromatic rings. The number of nitrogens with one attached hydrogen (secondary N) is 1. The molecule has 2 rings (SSSR count). The van der Waals surface area contributed by atoms with Crippen LogP contribution < -0.4 is 11.1 Å². The molecule has 1 aliphatic heterocycles. The Hall–Kier alpha value is -2.32.